The Hall–Kier alpha value is -1.73. The summed E-state index contributed by atoms with van der Waals surface area (Å²) in [5.41, 5.74) is 0.846. The second kappa shape index (κ2) is 7.70. The first kappa shape index (κ1) is 16.1. The van der Waals surface area contributed by atoms with Gasteiger partial charge in [-0.1, -0.05) is 0 Å². The van der Waals surface area contributed by atoms with Crippen LogP contribution in [0.2, 0.25) is 0 Å². The van der Waals surface area contributed by atoms with Crippen LogP contribution in [0.4, 0.5) is 5.82 Å². The molecule has 0 unspecified atom stereocenters. The standard InChI is InChI=1S/C16H25N5O2/c1-20-4-2-3-13(11-20)16(22)17-10-14-9-15(19-12-18-14)21-5-7-23-8-6-21/h9,12-13H,2-8,10-11H2,1H3,(H,17,22)/t13-/m0/s1. The van der Waals surface area contributed by atoms with E-state index >= 15 is 0 Å². The first-order chi connectivity index (χ1) is 11.2. The molecule has 2 aliphatic rings. The summed E-state index contributed by atoms with van der Waals surface area (Å²) in [5, 5.41) is 3.02. The summed E-state index contributed by atoms with van der Waals surface area (Å²) in [6.07, 6.45) is 3.63. The zero-order chi connectivity index (χ0) is 16.1. The molecule has 1 atom stereocenters. The molecule has 0 bridgehead atoms. The molecule has 2 aliphatic heterocycles. The highest BCUT2D eigenvalue weighted by Gasteiger charge is 2.23. The minimum absolute atomic E-state index is 0.0919. The van der Waals surface area contributed by atoms with E-state index in [1.807, 2.05) is 6.07 Å². The predicted molar refractivity (Wildman–Crippen MR) is 87.1 cm³/mol. The van der Waals surface area contributed by atoms with E-state index < -0.39 is 0 Å². The molecule has 2 saturated heterocycles. The van der Waals surface area contributed by atoms with E-state index in [1.165, 1.54) is 0 Å². The number of carbonyl (C=O) groups is 1. The molecular formula is C16H25N5O2. The van der Waals surface area contributed by atoms with Gasteiger partial charge in [0.1, 0.15) is 12.1 Å². The number of aromatic nitrogens is 2. The maximum atomic E-state index is 12.3. The number of piperidine rings is 1. The van der Waals surface area contributed by atoms with Gasteiger partial charge in [-0.25, -0.2) is 9.97 Å². The number of amides is 1. The van der Waals surface area contributed by atoms with Gasteiger partial charge in [0, 0.05) is 25.7 Å². The normalized spacial score (nSPS) is 22.8. The van der Waals surface area contributed by atoms with Crippen molar-refractivity contribution in [2.75, 3.05) is 51.3 Å². The van der Waals surface area contributed by atoms with Crippen molar-refractivity contribution in [3.63, 3.8) is 0 Å². The Labute approximate surface area is 137 Å². The first-order valence-electron chi connectivity index (χ1n) is 8.32. The van der Waals surface area contributed by atoms with Gasteiger partial charge in [-0.15, -0.1) is 0 Å². The number of hydrogen-bond acceptors (Lipinski definition) is 6. The maximum Gasteiger partial charge on any atom is 0.224 e. The lowest BCUT2D eigenvalue weighted by atomic mass is 9.97. The van der Waals surface area contributed by atoms with E-state index in [0.717, 1.165) is 63.7 Å². The van der Waals surface area contributed by atoms with Crippen molar-refractivity contribution >= 4 is 11.7 Å². The molecule has 1 aromatic rings. The number of likely N-dealkylation sites (tertiary alicyclic amines) is 1. The predicted octanol–water partition coefficient (Wildman–Crippen LogP) is 0.271. The fourth-order valence-electron chi connectivity index (χ4n) is 3.15. The summed E-state index contributed by atoms with van der Waals surface area (Å²) in [6, 6.07) is 1.96. The number of ether oxygens (including phenoxy) is 1. The van der Waals surface area contributed by atoms with Crippen LogP contribution in [0, 0.1) is 5.92 Å². The third kappa shape index (κ3) is 4.39. The number of nitrogens with one attached hydrogen (secondary N) is 1. The second-order valence-corrected chi connectivity index (χ2v) is 6.29. The summed E-state index contributed by atoms with van der Waals surface area (Å²) < 4.78 is 5.36. The van der Waals surface area contributed by atoms with Crippen molar-refractivity contribution in [3.8, 4) is 0 Å². The monoisotopic (exact) mass is 319 g/mol. The Morgan fingerprint density at radius 1 is 1.35 bits per heavy atom. The average Bonchev–Trinajstić information content (AvgIpc) is 2.61. The van der Waals surface area contributed by atoms with Crippen LogP contribution in [0.3, 0.4) is 0 Å². The van der Waals surface area contributed by atoms with Gasteiger partial charge in [0.05, 0.1) is 31.4 Å². The highest BCUT2D eigenvalue weighted by atomic mass is 16.5. The Bertz CT molecular complexity index is 533. The molecule has 7 heteroatoms. The number of anilines is 1. The number of morpholine rings is 1. The third-order valence-electron chi connectivity index (χ3n) is 4.48. The minimum atomic E-state index is 0.0919. The van der Waals surface area contributed by atoms with Crippen molar-refractivity contribution in [2.45, 2.75) is 19.4 Å². The van der Waals surface area contributed by atoms with Crippen LogP contribution in [0.15, 0.2) is 12.4 Å². The van der Waals surface area contributed by atoms with Gasteiger partial charge in [0.15, 0.2) is 0 Å². The summed E-state index contributed by atoms with van der Waals surface area (Å²) in [4.78, 5) is 25.3. The Morgan fingerprint density at radius 3 is 2.96 bits per heavy atom. The van der Waals surface area contributed by atoms with Gasteiger partial charge in [0.25, 0.3) is 0 Å². The van der Waals surface area contributed by atoms with Gasteiger partial charge < -0.3 is 19.9 Å². The van der Waals surface area contributed by atoms with E-state index in [0.29, 0.717) is 6.54 Å². The van der Waals surface area contributed by atoms with E-state index in [2.05, 4.69) is 32.1 Å². The number of nitrogens with zero attached hydrogens (tertiary/aromatic N) is 4. The SMILES string of the molecule is CN1CCC[C@H](C(=O)NCc2cc(N3CCOCC3)ncn2)C1. The fraction of sp³-hybridized carbons (Fsp3) is 0.688. The van der Waals surface area contributed by atoms with Crippen LogP contribution in [0.25, 0.3) is 0 Å². The lowest BCUT2D eigenvalue weighted by Crippen LogP contribution is -2.41. The molecule has 1 N–H and O–H groups in total. The molecule has 126 valence electrons. The zero-order valence-electron chi connectivity index (χ0n) is 13.7. The molecule has 1 aromatic heterocycles. The summed E-state index contributed by atoms with van der Waals surface area (Å²) in [7, 11) is 2.07. The average molecular weight is 319 g/mol. The molecule has 3 rings (SSSR count). The first-order valence-corrected chi connectivity index (χ1v) is 8.32. The van der Waals surface area contributed by atoms with Gasteiger partial charge in [-0.2, -0.15) is 0 Å². The Kier molecular flexibility index (Phi) is 5.40. The van der Waals surface area contributed by atoms with Crippen LogP contribution in [0.1, 0.15) is 18.5 Å². The van der Waals surface area contributed by atoms with Crippen LogP contribution < -0.4 is 10.2 Å². The molecule has 0 aromatic carbocycles. The largest absolute Gasteiger partial charge is 0.378 e. The number of carbonyl (C=O) groups excluding carboxylic acids is 1. The van der Waals surface area contributed by atoms with Crippen molar-refractivity contribution in [1.82, 2.24) is 20.2 Å². The van der Waals surface area contributed by atoms with Gasteiger partial charge in [-0.3, -0.25) is 4.79 Å². The highest BCUT2D eigenvalue weighted by Crippen LogP contribution is 2.16. The molecular weight excluding hydrogens is 294 g/mol. The molecule has 1 amide bonds. The third-order valence-corrected chi connectivity index (χ3v) is 4.48. The van der Waals surface area contributed by atoms with E-state index in [1.54, 1.807) is 6.33 Å². The van der Waals surface area contributed by atoms with Crippen molar-refractivity contribution in [1.29, 1.82) is 0 Å². The van der Waals surface area contributed by atoms with Gasteiger partial charge >= 0.3 is 0 Å². The quantitative estimate of drug-likeness (QED) is 0.859. The minimum Gasteiger partial charge on any atom is -0.378 e. The smallest absolute Gasteiger partial charge is 0.224 e. The molecule has 3 heterocycles. The van der Waals surface area contributed by atoms with Crippen molar-refractivity contribution in [2.24, 2.45) is 5.92 Å². The number of rotatable bonds is 4. The number of hydrogen-bond donors (Lipinski definition) is 1. The van der Waals surface area contributed by atoms with Gasteiger partial charge in [0.2, 0.25) is 5.91 Å². The Balaban J connectivity index is 1.54. The summed E-state index contributed by atoms with van der Waals surface area (Å²) >= 11 is 0. The van der Waals surface area contributed by atoms with Crippen LogP contribution in [0.5, 0.6) is 0 Å². The molecule has 23 heavy (non-hydrogen) atoms. The molecule has 7 nitrogen and oxygen atoms in total. The van der Waals surface area contributed by atoms with E-state index in [4.69, 9.17) is 4.74 Å². The lowest BCUT2D eigenvalue weighted by Gasteiger charge is -2.29. The fourth-order valence-corrected chi connectivity index (χ4v) is 3.15. The topological polar surface area (TPSA) is 70.6 Å². The maximum absolute atomic E-state index is 12.3. The van der Waals surface area contributed by atoms with Gasteiger partial charge in [-0.05, 0) is 26.4 Å². The highest BCUT2D eigenvalue weighted by molar-refractivity contribution is 5.78. The van der Waals surface area contributed by atoms with Crippen molar-refractivity contribution in [3.05, 3.63) is 18.1 Å². The molecule has 0 aliphatic carbocycles. The molecule has 0 spiro atoms. The van der Waals surface area contributed by atoms with Crippen LogP contribution in [-0.4, -0.2) is 67.2 Å². The molecule has 0 radical (unpaired) electrons. The Morgan fingerprint density at radius 2 is 2.17 bits per heavy atom. The van der Waals surface area contributed by atoms with E-state index in [-0.39, 0.29) is 11.8 Å². The van der Waals surface area contributed by atoms with E-state index in [9.17, 15) is 4.79 Å². The zero-order valence-corrected chi connectivity index (χ0v) is 13.7. The van der Waals surface area contributed by atoms with Crippen molar-refractivity contribution < 1.29 is 9.53 Å². The molecule has 0 saturated carbocycles. The summed E-state index contributed by atoms with van der Waals surface area (Å²) in [6.45, 7) is 5.52. The second-order valence-electron chi connectivity index (χ2n) is 6.29. The van der Waals surface area contributed by atoms with Crippen LogP contribution in [-0.2, 0) is 16.1 Å². The summed E-state index contributed by atoms with van der Waals surface area (Å²) in [5.74, 6) is 1.13. The van der Waals surface area contributed by atoms with Crippen LogP contribution >= 0.6 is 0 Å². The molecule has 2 fully saturated rings. The lowest BCUT2D eigenvalue weighted by molar-refractivity contribution is -0.126.